The number of hydrogen-bond acceptors (Lipinski definition) is 8. The van der Waals surface area contributed by atoms with Crippen LogP contribution < -0.4 is 14.2 Å². The van der Waals surface area contributed by atoms with Gasteiger partial charge in [-0.05, 0) is 23.8 Å². The van der Waals surface area contributed by atoms with Crippen molar-refractivity contribution >= 4 is 5.91 Å². The number of hydrogen-bond donors (Lipinski definition) is 1. The zero-order chi connectivity index (χ0) is 28.5. The third kappa shape index (κ3) is 8.13. The van der Waals surface area contributed by atoms with E-state index in [2.05, 4.69) is 5.10 Å². The summed E-state index contributed by atoms with van der Waals surface area (Å²) >= 11 is 0. The molecule has 1 N–H and O–H groups in total. The van der Waals surface area contributed by atoms with Crippen molar-refractivity contribution < 1.29 is 37.6 Å². The molecule has 1 atom stereocenters. The SMILES string of the molecule is COCC(=O)N1CCN(Cc2ccc(OCCn3cccn3)c(OC)c2)CC(O)(COc2cc(F)cc(F)c2)C1. The van der Waals surface area contributed by atoms with Gasteiger partial charge in [0.25, 0.3) is 0 Å². The fourth-order valence-electron chi connectivity index (χ4n) is 4.59. The van der Waals surface area contributed by atoms with E-state index in [9.17, 15) is 18.7 Å². The van der Waals surface area contributed by atoms with E-state index in [0.717, 1.165) is 23.8 Å². The van der Waals surface area contributed by atoms with Gasteiger partial charge in [0.1, 0.15) is 42.8 Å². The van der Waals surface area contributed by atoms with E-state index in [0.29, 0.717) is 44.3 Å². The van der Waals surface area contributed by atoms with Crippen LogP contribution in [0.1, 0.15) is 5.56 Å². The molecule has 3 aromatic rings. The van der Waals surface area contributed by atoms with Crippen molar-refractivity contribution in [3.05, 3.63) is 72.1 Å². The second kappa shape index (κ2) is 13.6. The standard InChI is InChI=1S/C28H34F2N4O6/c1-37-17-27(35)33-9-8-32(18-28(36,19-33)20-40-24-14-22(29)13-23(30)15-24)16-21-4-5-25(26(12-21)38-2)39-11-10-34-7-3-6-31-34/h3-7,12-15,36H,8-11,16-20H2,1-2H3. The Morgan fingerprint density at radius 3 is 2.55 bits per heavy atom. The van der Waals surface area contributed by atoms with Crippen molar-refractivity contribution in [2.45, 2.75) is 18.7 Å². The van der Waals surface area contributed by atoms with Crippen molar-refractivity contribution in [3.63, 3.8) is 0 Å². The molecule has 0 bridgehead atoms. The number of benzene rings is 2. The van der Waals surface area contributed by atoms with Gasteiger partial charge in [0, 0.05) is 63.9 Å². The molecule has 1 fully saturated rings. The third-order valence-corrected chi connectivity index (χ3v) is 6.42. The number of rotatable bonds is 12. The van der Waals surface area contributed by atoms with Crippen LogP contribution >= 0.6 is 0 Å². The molecular formula is C28H34F2N4O6. The van der Waals surface area contributed by atoms with E-state index in [1.807, 2.05) is 35.4 Å². The van der Waals surface area contributed by atoms with E-state index >= 15 is 0 Å². The van der Waals surface area contributed by atoms with Crippen LogP contribution in [-0.2, 0) is 22.6 Å². The number of methoxy groups -OCH3 is 2. The molecule has 10 nitrogen and oxygen atoms in total. The Bertz CT molecular complexity index is 1240. The highest BCUT2D eigenvalue weighted by molar-refractivity contribution is 5.77. The molecule has 0 aliphatic carbocycles. The first-order valence-electron chi connectivity index (χ1n) is 12.8. The molecule has 216 valence electrons. The summed E-state index contributed by atoms with van der Waals surface area (Å²) in [7, 11) is 2.99. The summed E-state index contributed by atoms with van der Waals surface area (Å²) in [6, 6.07) is 10.3. The van der Waals surface area contributed by atoms with E-state index in [-0.39, 0.29) is 38.0 Å². The van der Waals surface area contributed by atoms with Crippen molar-refractivity contribution in [3.8, 4) is 17.2 Å². The van der Waals surface area contributed by atoms with Crippen LogP contribution in [0.2, 0.25) is 0 Å². The molecule has 40 heavy (non-hydrogen) atoms. The molecule has 12 heteroatoms. The molecule has 2 heterocycles. The molecule has 1 aliphatic heterocycles. The molecule has 1 amide bonds. The van der Waals surface area contributed by atoms with Crippen LogP contribution in [0.3, 0.4) is 0 Å². The highest BCUT2D eigenvalue weighted by Gasteiger charge is 2.37. The number of carbonyl (C=O) groups excluding carboxylic acids is 1. The summed E-state index contributed by atoms with van der Waals surface area (Å²) < 4.78 is 51.1. The van der Waals surface area contributed by atoms with Crippen LogP contribution in [0.25, 0.3) is 0 Å². The third-order valence-electron chi connectivity index (χ3n) is 6.42. The first kappa shape index (κ1) is 29.2. The fourth-order valence-corrected chi connectivity index (χ4v) is 4.59. The number of ether oxygens (including phenoxy) is 4. The highest BCUT2D eigenvalue weighted by atomic mass is 19.1. The smallest absolute Gasteiger partial charge is 0.248 e. The molecule has 1 saturated heterocycles. The number of nitrogens with zero attached hydrogens (tertiary/aromatic N) is 4. The Hall–Kier alpha value is -3.74. The predicted molar refractivity (Wildman–Crippen MR) is 141 cm³/mol. The number of carbonyl (C=O) groups is 1. The molecule has 4 rings (SSSR count). The average Bonchev–Trinajstić information content (AvgIpc) is 3.37. The molecule has 1 aromatic heterocycles. The van der Waals surface area contributed by atoms with Crippen LogP contribution in [0.15, 0.2) is 54.9 Å². The Morgan fingerprint density at radius 2 is 1.85 bits per heavy atom. The first-order valence-corrected chi connectivity index (χ1v) is 12.8. The molecule has 0 saturated carbocycles. The van der Waals surface area contributed by atoms with Gasteiger partial charge in [-0.1, -0.05) is 6.07 Å². The van der Waals surface area contributed by atoms with Gasteiger partial charge in [0.15, 0.2) is 11.5 Å². The summed E-state index contributed by atoms with van der Waals surface area (Å²) in [5.41, 5.74) is -0.620. The zero-order valence-corrected chi connectivity index (χ0v) is 22.6. The van der Waals surface area contributed by atoms with Gasteiger partial charge in [-0.15, -0.1) is 0 Å². The number of halogens is 2. The lowest BCUT2D eigenvalue weighted by Crippen LogP contribution is -2.52. The maximum Gasteiger partial charge on any atom is 0.248 e. The molecular weight excluding hydrogens is 526 g/mol. The minimum Gasteiger partial charge on any atom is -0.493 e. The Labute approximate surface area is 231 Å². The summed E-state index contributed by atoms with van der Waals surface area (Å²) in [6.45, 7) is 1.96. The maximum absolute atomic E-state index is 13.7. The summed E-state index contributed by atoms with van der Waals surface area (Å²) in [4.78, 5) is 16.1. The van der Waals surface area contributed by atoms with Gasteiger partial charge in [0.05, 0.1) is 20.2 Å². The predicted octanol–water partition coefficient (Wildman–Crippen LogP) is 2.35. The van der Waals surface area contributed by atoms with Crippen LogP contribution in [0.5, 0.6) is 17.2 Å². The van der Waals surface area contributed by atoms with E-state index in [1.165, 1.54) is 12.0 Å². The summed E-state index contributed by atoms with van der Waals surface area (Å²) in [6.07, 6.45) is 3.57. The zero-order valence-electron chi connectivity index (χ0n) is 22.6. The first-order chi connectivity index (χ1) is 19.3. The number of amides is 1. The van der Waals surface area contributed by atoms with Crippen LogP contribution in [-0.4, -0.2) is 96.4 Å². The van der Waals surface area contributed by atoms with Gasteiger partial charge in [0.2, 0.25) is 5.91 Å². The molecule has 0 radical (unpaired) electrons. The Morgan fingerprint density at radius 1 is 1.05 bits per heavy atom. The minimum absolute atomic E-state index is 0.0319. The Kier molecular flexibility index (Phi) is 9.91. The summed E-state index contributed by atoms with van der Waals surface area (Å²) in [5, 5.41) is 15.7. The lowest BCUT2D eigenvalue weighted by molar-refractivity contribution is -0.138. The van der Waals surface area contributed by atoms with E-state index in [1.54, 1.807) is 18.0 Å². The second-order valence-corrected chi connectivity index (χ2v) is 9.68. The maximum atomic E-state index is 13.7. The van der Waals surface area contributed by atoms with Crippen LogP contribution in [0.4, 0.5) is 8.78 Å². The lowest BCUT2D eigenvalue weighted by atomic mass is 10.0. The minimum atomic E-state index is -1.53. The molecule has 1 unspecified atom stereocenters. The molecule has 2 aromatic carbocycles. The highest BCUT2D eigenvalue weighted by Crippen LogP contribution is 2.29. The lowest BCUT2D eigenvalue weighted by Gasteiger charge is -2.33. The van der Waals surface area contributed by atoms with Gasteiger partial charge >= 0.3 is 0 Å². The average molecular weight is 561 g/mol. The molecule has 0 spiro atoms. The van der Waals surface area contributed by atoms with Gasteiger partial charge < -0.3 is 29.0 Å². The van der Waals surface area contributed by atoms with Crippen molar-refractivity contribution in [1.82, 2.24) is 19.6 Å². The quantitative estimate of drug-likeness (QED) is 0.361. The molecule has 1 aliphatic rings. The van der Waals surface area contributed by atoms with E-state index < -0.39 is 17.2 Å². The summed E-state index contributed by atoms with van der Waals surface area (Å²) in [5.74, 6) is -0.746. The number of β-amino-alcohol motifs (C(OH)–C–C–N with tert-alkyl or cyclic N) is 1. The van der Waals surface area contributed by atoms with Crippen molar-refractivity contribution in [1.29, 1.82) is 0 Å². The fraction of sp³-hybridized carbons (Fsp3) is 0.429. The van der Waals surface area contributed by atoms with Crippen molar-refractivity contribution in [2.24, 2.45) is 0 Å². The normalized spacial score (nSPS) is 17.9. The monoisotopic (exact) mass is 560 g/mol. The number of aromatic nitrogens is 2. The topological polar surface area (TPSA) is 98.5 Å². The van der Waals surface area contributed by atoms with Crippen molar-refractivity contribution in [2.75, 3.05) is 60.2 Å². The Balaban J connectivity index is 1.45. The number of aliphatic hydroxyl groups is 1. The van der Waals surface area contributed by atoms with Gasteiger partial charge in [-0.2, -0.15) is 5.10 Å². The van der Waals surface area contributed by atoms with Crippen LogP contribution in [0, 0.1) is 11.6 Å². The largest absolute Gasteiger partial charge is 0.493 e. The van der Waals surface area contributed by atoms with E-state index in [4.69, 9.17) is 18.9 Å². The van der Waals surface area contributed by atoms with Gasteiger partial charge in [-0.25, -0.2) is 8.78 Å². The van der Waals surface area contributed by atoms with Gasteiger partial charge in [-0.3, -0.25) is 14.4 Å². The second-order valence-electron chi connectivity index (χ2n) is 9.68.